The Bertz CT molecular complexity index is 914. The van der Waals surface area contributed by atoms with Crippen LogP contribution < -0.4 is 10.9 Å². The van der Waals surface area contributed by atoms with Crippen LogP contribution in [-0.4, -0.2) is 21.3 Å². The summed E-state index contributed by atoms with van der Waals surface area (Å²) in [6.07, 6.45) is 5.29. The third-order valence-corrected chi connectivity index (χ3v) is 4.22. The van der Waals surface area contributed by atoms with Gasteiger partial charge in [-0.3, -0.25) is 14.4 Å². The molecule has 0 bridgehead atoms. The maximum absolute atomic E-state index is 12.5. The third-order valence-electron chi connectivity index (χ3n) is 4.22. The number of benzene rings is 1. The van der Waals surface area contributed by atoms with Gasteiger partial charge in [-0.1, -0.05) is 24.3 Å². The van der Waals surface area contributed by atoms with Gasteiger partial charge in [0, 0.05) is 32.4 Å². The van der Waals surface area contributed by atoms with Crippen molar-refractivity contribution in [2.45, 2.75) is 19.4 Å². The van der Waals surface area contributed by atoms with E-state index in [9.17, 15) is 14.4 Å². The van der Waals surface area contributed by atoms with Crippen LogP contribution in [-0.2, 0) is 16.6 Å². The van der Waals surface area contributed by atoms with E-state index in [1.807, 2.05) is 30.3 Å². The Morgan fingerprint density at radius 1 is 1.16 bits per heavy atom. The molecule has 6 heteroatoms. The van der Waals surface area contributed by atoms with Crippen molar-refractivity contribution in [1.82, 2.24) is 9.47 Å². The molecule has 6 nitrogen and oxygen atoms in total. The zero-order valence-corrected chi connectivity index (χ0v) is 14.1. The predicted molar refractivity (Wildman–Crippen MR) is 95.7 cm³/mol. The Kier molecular flexibility index (Phi) is 4.52. The number of rotatable bonds is 3. The van der Waals surface area contributed by atoms with Gasteiger partial charge in [0.15, 0.2) is 0 Å². The minimum Gasteiger partial charge on any atom is -0.325 e. The maximum atomic E-state index is 12.5. The topological polar surface area (TPSA) is 71.4 Å². The molecule has 0 radical (unpaired) electrons. The molecule has 25 heavy (non-hydrogen) atoms. The van der Waals surface area contributed by atoms with Crippen molar-refractivity contribution in [3.63, 3.8) is 0 Å². The first-order chi connectivity index (χ1) is 12.0. The number of anilines is 1. The normalized spacial score (nSPS) is 15.6. The highest BCUT2D eigenvalue weighted by Gasteiger charge is 2.28. The van der Waals surface area contributed by atoms with Gasteiger partial charge in [0.25, 0.3) is 0 Å². The number of carbonyl (C=O) groups is 2. The van der Waals surface area contributed by atoms with Crippen LogP contribution in [0.2, 0.25) is 0 Å². The Morgan fingerprint density at radius 2 is 1.92 bits per heavy atom. The molecule has 1 N–H and O–H groups in total. The molecule has 0 saturated carbocycles. The molecule has 128 valence electrons. The Labute approximate surface area is 145 Å². The zero-order valence-electron chi connectivity index (χ0n) is 14.1. The number of nitrogens with zero attached hydrogens (tertiary/aromatic N) is 2. The molecule has 1 aromatic carbocycles. The summed E-state index contributed by atoms with van der Waals surface area (Å²) in [4.78, 5) is 37.4. The lowest BCUT2D eigenvalue weighted by Gasteiger charge is -2.32. The number of aryl methyl sites for hydroxylation is 1. The SMILES string of the molecule is CC(=O)N1C=Cc2ccccc2[C@@H]1CC(=O)Nc1ccc(=O)n(C)c1. The van der Waals surface area contributed by atoms with E-state index in [0.29, 0.717) is 5.69 Å². The van der Waals surface area contributed by atoms with Crippen molar-refractivity contribution in [3.05, 3.63) is 70.3 Å². The number of hydrogen-bond acceptors (Lipinski definition) is 3. The summed E-state index contributed by atoms with van der Waals surface area (Å²) in [6, 6.07) is 10.3. The number of nitrogens with one attached hydrogen (secondary N) is 1. The Balaban J connectivity index is 1.82. The second-order valence-corrected chi connectivity index (χ2v) is 6.01. The number of hydrogen-bond donors (Lipinski definition) is 1. The van der Waals surface area contributed by atoms with Gasteiger partial charge in [0.1, 0.15) is 0 Å². The minimum atomic E-state index is -0.355. The summed E-state index contributed by atoms with van der Waals surface area (Å²) in [6.45, 7) is 1.48. The lowest BCUT2D eigenvalue weighted by molar-refractivity contribution is -0.129. The molecule has 0 saturated heterocycles. The molecule has 3 rings (SSSR count). The fraction of sp³-hybridized carbons (Fsp3) is 0.211. The lowest BCUT2D eigenvalue weighted by Crippen LogP contribution is -2.33. The molecule has 0 unspecified atom stereocenters. The van der Waals surface area contributed by atoms with E-state index in [2.05, 4.69) is 5.32 Å². The highest BCUT2D eigenvalue weighted by atomic mass is 16.2. The van der Waals surface area contributed by atoms with Crippen molar-refractivity contribution in [1.29, 1.82) is 0 Å². The first kappa shape index (κ1) is 16.7. The van der Waals surface area contributed by atoms with Gasteiger partial charge >= 0.3 is 0 Å². The van der Waals surface area contributed by atoms with Gasteiger partial charge < -0.3 is 14.8 Å². The molecule has 0 aliphatic carbocycles. The van der Waals surface area contributed by atoms with Gasteiger partial charge in [0.2, 0.25) is 17.4 Å². The van der Waals surface area contributed by atoms with E-state index >= 15 is 0 Å². The van der Waals surface area contributed by atoms with E-state index in [0.717, 1.165) is 11.1 Å². The average molecular weight is 337 g/mol. The Morgan fingerprint density at radius 3 is 2.64 bits per heavy atom. The summed E-state index contributed by atoms with van der Waals surface area (Å²) >= 11 is 0. The Hall–Kier alpha value is -3.15. The van der Waals surface area contributed by atoms with Gasteiger partial charge in [-0.2, -0.15) is 0 Å². The molecule has 0 spiro atoms. The second kappa shape index (κ2) is 6.76. The van der Waals surface area contributed by atoms with Crippen molar-refractivity contribution >= 4 is 23.6 Å². The number of carbonyl (C=O) groups excluding carboxylic acids is 2. The lowest BCUT2D eigenvalue weighted by atomic mass is 9.93. The van der Waals surface area contributed by atoms with E-state index in [-0.39, 0.29) is 29.8 Å². The molecule has 2 aromatic rings. The number of fused-ring (bicyclic) bond motifs is 1. The van der Waals surface area contributed by atoms with Gasteiger partial charge in [-0.05, 0) is 23.3 Å². The summed E-state index contributed by atoms with van der Waals surface area (Å²) in [5.74, 6) is -0.342. The fourth-order valence-electron chi connectivity index (χ4n) is 2.97. The van der Waals surface area contributed by atoms with Crippen molar-refractivity contribution < 1.29 is 9.59 Å². The van der Waals surface area contributed by atoms with E-state index in [1.165, 1.54) is 17.6 Å². The van der Waals surface area contributed by atoms with E-state index in [1.54, 1.807) is 30.4 Å². The van der Waals surface area contributed by atoms with Crippen molar-refractivity contribution in [2.75, 3.05) is 5.32 Å². The highest BCUT2D eigenvalue weighted by Crippen LogP contribution is 2.33. The summed E-state index contributed by atoms with van der Waals surface area (Å²) < 4.78 is 1.40. The molecule has 1 aromatic heterocycles. The number of aromatic nitrogens is 1. The molecule has 2 amide bonds. The summed E-state index contributed by atoms with van der Waals surface area (Å²) in [5, 5.41) is 2.79. The van der Waals surface area contributed by atoms with Crippen LogP contribution in [0.3, 0.4) is 0 Å². The van der Waals surface area contributed by atoms with Crippen LogP contribution in [0.15, 0.2) is 53.6 Å². The number of amides is 2. The minimum absolute atomic E-state index is 0.120. The van der Waals surface area contributed by atoms with Crippen LogP contribution in [0.5, 0.6) is 0 Å². The van der Waals surface area contributed by atoms with E-state index in [4.69, 9.17) is 0 Å². The van der Waals surface area contributed by atoms with Gasteiger partial charge in [-0.15, -0.1) is 0 Å². The molecule has 0 fully saturated rings. The van der Waals surface area contributed by atoms with Crippen molar-refractivity contribution in [3.8, 4) is 0 Å². The van der Waals surface area contributed by atoms with Crippen molar-refractivity contribution in [2.24, 2.45) is 7.05 Å². The molecule has 1 aliphatic rings. The number of pyridine rings is 1. The smallest absolute Gasteiger partial charge is 0.250 e. The summed E-state index contributed by atoms with van der Waals surface area (Å²) in [7, 11) is 1.62. The van der Waals surface area contributed by atoms with Crippen LogP contribution in [0.25, 0.3) is 6.08 Å². The van der Waals surface area contributed by atoms with Crippen LogP contribution in [0.1, 0.15) is 30.5 Å². The predicted octanol–water partition coefficient (Wildman–Crippen LogP) is 2.29. The van der Waals surface area contributed by atoms with E-state index < -0.39 is 0 Å². The first-order valence-corrected chi connectivity index (χ1v) is 7.98. The van der Waals surface area contributed by atoms with Gasteiger partial charge in [-0.25, -0.2) is 0 Å². The maximum Gasteiger partial charge on any atom is 0.250 e. The largest absolute Gasteiger partial charge is 0.325 e. The molecular formula is C19H19N3O3. The zero-order chi connectivity index (χ0) is 18.0. The molecule has 1 atom stereocenters. The van der Waals surface area contributed by atoms with Crippen LogP contribution in [0, 0.1) is 0 Å². The monoisotopic (exact) mass is 337 g/mol. The molecule has 2 heterocycles. The molecular weight excluding hydrogens is 318 g/mol. The third kappa shape index (κ3) is 3.52. The standard InChI is InChI=1S/C19H19N3O3/c1-13(23)22-10-9-14-5-3-4-6-16(14)17(22)11-18(24)20-15-7-8-19(25)21(2)12-15/h3-10,12,17H,11H2,1-2H3,(H,20,24)/t17-/m0/s1. The molecule has 1 aliphatic heterocycles. The quantitative estimate of drug-likeness (QED) is 0.934. The van der Waals surface area contributed by atoms with Crippen LogP contribution in [0.4, 0.5) is 5.69 Å². The summed E-state index contributed by atoms with van der Waals surface area (Å²) in [5.41, 5.74) is 2.34. The van der Waals surface area contributed by atoms with Crippen LogP contribution >= 0.6 is 0 Å². The second-order valence-electron chi connectivity index (χ2n) is 6.01. The van der Waals surface area contributed by atoms with Gasteiger partial charge in [0.05, 0.1) is 18.2 Å². The first-order valence-electron chi connectivity index (χ1n) is 7.98. The highest BCUT2D eigenvalue weighted by molar-refractivity contribution is 5.92. The average Bonchev–Trinajstić information content (AvgIpc) is 2.58. The fourth-order valence-corrected chi connectivity index (χ4v) is 2.97.